The van der Waals surface area contributed by atoms with E-state index in [2.05, 4.69) is 10.1 Å². The Balaban J connectivity index is 2.60. The Hall–Kier alpha value is -2.04. The second-order valence-corrected chi connectivity index (χ2v) is 2.55. The highest BCUT2D eigenvalue weighted by atomic mass is 16.3. The van der Waals surface area contributed by atoms with Crippen molar-refractivity contribution in [3.63, 3.8) is 0 Å². The number of oxazole rings is 1. The van der Waals surface area contributed by atoms with Crippen LogP contribution in [0.3, 0.4) is 0 Å². The van der Waals surface area contributed by atoms with Gasteiger partial charge in [-0.05, 0) is 18.2 Å². The van der Waals surface area contributed by atoms with E-state index in [4.69, 9.17) is 16.0 Å². The minimum Gasteiger partial charge on any atom is -0.443 e. The molecule has 2 rings (SSSR count). The molecular weight excluding hydrogens is 168 g/mol. The monoisotopic (exact) mass is 176 g/mol. The fourth-order valence-electron chi connectivity index (χ4n) is 1.09. The van der Waals surface area contributed by atoms with Crippen LogP contribution in [0, 0.1) is 0 Å². The summed E-state index contributed by atoms with van der Waals surface area (Å²) in [6.07, 6.45) is 1.38. The first-order valence-corrected chi connectivity index (χ1v) is 3.68. The number of rotatable bonds is 1. The zero-order chi connectivity index (χ0) is 9.26. The average molecular weight is 176 g/mol. The number of hydrogen-bond donors (Lipinski definition) is 2. The van der Waals surface area contributed by atoms with E-state index < -0.39 is 0 Å². The predicted molar refractivity (Wildman–Crippen MR) is 48.9 cm³/mol. The normalized spacial score (nSPS) is 12.2. The van der Waals surface area contributed by atoms with Gasteiger partial charge >= 0.3 is 0 Å². The summed E-state index contributed by atoms with van der Waals surface area (Å²) in [6, 6.07) is 5.33. The van der Waals surface area contributed by atoms with Crippen LogP contribution in [0.4, 0.5) is 0 Å². The summed E-state index contributed by atoms with van der Waals surface area (Å²) in [5.41, 5.74) is 7.70. The second kappa shape index (κ2) is 2.78. The fourth-order valence-corrected chi connectivity index (χ4v) is 1.09. The van der Waals surface area contributed by atoms with E-state index >= 15 is 0 Å². The first kappa shape index (κ1) is 7.60. The van der Waals surface area contributed by atoms with Crippen LogP contribution in [0.25, 0.3) is 11.1 Å². The number of hydrogen-bond acceptors (Lipinski definition) is 4. The largest absolute Gasteiger partial charge is 0.443 e. The lowest BCUT2D eigenvalue weighted by atomic mass is 10.2. The number of fused-ring (bicyclic) bond motifs is 1. The van der Waals surface area contributed by atoms with E-state index in [0.717, 1.165) is 11.1 Å². The Morgan fingerprint density at radius 2 is 2.31 bits per heavy atom. The van der Waals surface area contributed by atoms with Gasteiger partial charge in [0.2, 0.25) is 0 Å². The molecule has 0 aliphatic carbocycles. The van der Waals surface area contributed by atoms with E-state index in [-0.39, 0.29) is 5.84 Å². The molecule has 2 aromatic rings. The maximum atomic E-state index is 5.52. The van der Waals surface area contributed by atoms with Crippen LogP contribution in [0.15, 0.2) is 34.1 Å². The number of benzene rings is 1. The molecule has 0 unspecified atom stereocenters. The zero-order valence-electron chi connectivity index (χ0n) is 6.77. The molecule has 66 valence electrons. The molecule has 5 nitrogen and oxygen atoms in total. The van der Waals surface area contributed by atoms with Crippen LogP contribution in [0.2, 0.25) is 0 Å². The number of aromatic nitrogens is 1. The molecule has 1 heterocycles. The van der Waals surface area contributed by atoms with E-state index in [1.807, 2.05) is 0 Å². The number of amidine groups is 1. The summed E-state index contributed by atoms with van der Waals surface area (Å²) in [4.78, 5) is 3.97. The Bertz CT molecular complexity index is 460. The van der Waals surface area contributed by atoms with Crippen LogP contribution in [-0.2, 0) is 0 Å². The van der Waals surface area contributed by atoms with Gasteiger partial charge in [0, 0.05) is 5.56 Å². The second-order valence-electron chi connectivity index (χ2n) is 2.55. The van der Waals surface area contributed by atoms with Crippen molar-refractivity contribution in [1.29, 1.82) is 0 Å². The van der Waals surface area contributed by atoms with Gasteiger partial charge in [-0.1, -0.05) is 0 Å². The quantitative estimate of drug-likeness (QED) is 0.285. The summed E-state index contributed by atoms with van der Waals surface area (Å²) in [5.74, 6) is 5.32. The molecule has 13 heavy (non-hydrogen) atoms. The van der Waals surface area contributed by atoms with E-state index in [1.165, 1.54) is 6.39 Å². The van der Waals surface area contributed by atoms with E-state index in [9.17, 15) is 0 Å². The smallest absolute Gasteiger partial charge is 0.181 e. The maximum Gasteiger partial charge on any atom is 0.181 e. The van der Waals surface area contributed by atoms with Gasteiger partial charge in [0.05, 0.1) is 0 Å². The van der Waals surface area contributed by atoms with Crippen molar-refractivity contribution in [1.82, 2.24) is 4.98 Å². The summed E-state index contributed by atoms with van der Waals surface area (Å²) >= 11 is 0. The lowest BCUT2D eigenvalue weighted by Gasteiger charge is -1.96. The number of nitrogens with two attached hydrogens (primary N) is 2. The number of hydrazone groups is 1. The van der Waals surface area contributed by atoms with Crippen molar-refractivity contribution >= 4 is 16.9 Å². The maximum absolute atomic E-state index is 5.52. The van der Waals surface area contributed by atoms with Crippen LogP contribution in [0.5, 0.6) is 0 Å². The van der Waals surface area contributed by atoms with Crippen molar-refractivity contribution in [3.8, 4) is 0 Å². The van der Waals surface area contributed by atoms with Crippen LogP contribution in [-0.4, -0.2) is 10.8 Å². The summed E-state index contributed by atoms with van der Waals surface area (Å²) in [5, 5.41) is 3.38. The molecule has 0 fully saturated rings. The molecule has 0 saturated heterocycles. The molecule has 0 aliphatic heterocycles. The molecule has 0 radical (unpaired) electrons. The lowest BCUT2D eigenvalue weighted by Crippen LogP contribution is -2.15. The minimum atomic E-state index is 0.276. The molecule has 4 N–H and O–H groups in total. The number of nitrogens with zero attached hydrogens (tertiary/aromatic N) is 2. The van der Waals surface area contributed by atoms with Crippen LogP contribution < -0.4 is 11.6 Å². The molecule has 0 saturated carbocycles. The Labute approximate surface area is 74.0 Å². The standard InChI is InChI=1S/C8H8N4O/c9-8(12-10)5-1-2-6-7(3-5)13-4-11-6/h1-4H,10H2,(H2,9,12). The summed E-state index contributed by atoms with van der Waals surface area (Å²) in [7, 11) is 0. The zero-order valence-corrected chi connectivity index (χ0v) is 6.77. The van der Waals surface area contributed by atoms with Crippen molar-refractivity contribution in [2.75, 3.05) is 0 Å². The highest BCUT2D eigenvalue weighted by Crippen LogP contribution is 2.13. The van der Waals surface area contributed by atoms with Crippen LogP contribution in [0.1, 0.15) is 5.56 Å². The lowest BCUT2D eigenvalue weighted by molar-refractivity contribution is 0.602. The highest BCUT2D eigenvalue weighted by molar-refractivity contribution is 5.99. The highest BCUT2D eigenvalue weighted by Gasteiger charge is 2.02. The molecule has 1 aromatic heterocycles. The van der Waals surface area contributed by atoms with Gasteiger partial charge in [0.25, 0.3) is 0 Å². The molecule has 0 aliphatic rings. The first-order valence-electron chi connectivity index (χ1n) is 3.68. The molecule has 0 amide bonds. The molecule has 5 heteroatoms. The average Bonchev–Trinajstić information content (AvgIpc) is 2.63. The molecular formula is C8H8N4O. The SMILES string of the molecule is N/N=C(\N)c1ccc2ncoc2c1. The Kier molecular flexibility index (Phi) is 1.63. The Morgan fingerprint density at radius 1 is 1.46 bits per heavy atom. The summed E-state index contributed by atoms with van der Waals surface area (Å²) in [6.45, 7) is 0. The molecule has 1 aromatic carbocycles. The topological polar surface area (TPSA) is 90.4 Å². The van der Waals surface area contributed by atoms with E-state index in [1.54, 1.807) is 18.2 Å². The van der Waals surface area contributed by atoms with Gasteiger partial charge < -0.3 is 16.0 Å². The van der Waals surface area contributed by atoms with Gasteiger partial charge in [-0.2, -0.15) is 5.10 Å². The fraction of sp³-hybridized carbons (Fsp3) is 0. The third-order valence-electron chi connectivity index (χ3n) is 1.77. The van der Waals surface area contributed by atoms with Crippen molar-refractivity contribution in [3.05, 3.63) is 30.2 Å². The van der Waals surface area contributed by atoms with Crippen molar-refractivity contribution in [2.24, 2.45) is 16.7 Å². The first-order chi connectivity index (χ1) is 6.31. The van der Waals surface area contributed by atoms with Crippen molar-refractivity contribution < 1.29 is 4.42 Å². The molecule has 0 bridgehead atoms. The minimum absolute atomic E-state index is 0.276. The van der Waals surface area contributed by atoms with Crippen molar-refractivity contribution in [2.45, 2.75) is 0 Å². The third kappa shape index (κ3) is 1.20. The third-order valence-corrected chi connectivity index (χ3v) is 1.77. The Morgan fingerprint density at radius 3 is 3.08 bits per heavy atom. The van der Waals surface area contributed by atoms with E-state index in [0.29, 0.717) is 5.58 Å². The van der Waals surface area contributed by atoms with Gasteiger partial charge in [0.15, 0.2) is 12.0 Å². The predicted octanol–water partition coefficient (Wildman–Crippen LogP) is 0.407. The van der Waals surface area contributed by atoms with Gasteiger partial charge in [-0.15, -0.1) is 0 Å². The molecule has 0 spiro atoms. The summed E-state index contributed by atoms with van der Waals surface area (Å²) < 4.78 is 5.09. The molecule has 0 atom stereocenters. The van der Waals surface area contributed by atoms with Gasteiger partial charge in [-0.3, -0.25) is 0 Å². The van der Waals surface area contributed by atoms with Crippen LogP contribution >= 0.6 is 0 Å². The van der Waals surface area contributed by atoms with Gasteiger partial charge in [0.1, 0.15) is 11.4 Å². The van der Waals surface area contributed by atoms with Gasteiger partial charge in [-0.25, -0.2) is 4.98 Å².